The molecule has 0 bridgehead atoms. The molecular formula is C32H23N3S. The number of benzene rings is 4. The van der Waals surface area contributed by atoms with Crippen LogP contribution in [-0.4, -0.2) is 14.5 Å². The van der Waals surface area contributed by atoms with E-state index in [0.717, 1.165) is 28.1 Å². The molecule has 36 heavy (non-hydrogen) atoms. The van der Waals surface area contributed by atoms with Gasteiger partial charge in [0.05, 0.1) is 26.9 Å². The van der Waals surface area contributed by atoms with Crippen LogP contribution in [0.3, 0.4) is 0 Å². The van der Waals surface area contributed by atoms with E-state index < -0.39 is 0 Å². The quantitative estimate of drug-likeness (QED) is 0.235. The van der Waals surface area contributed by atoms with Crippen molar-refractivity contribution in [2.75, 3.05) is 0 Å². The Morgan fingerprint density at radius 1 is 0.722 bits per heavy atom. The molecular weight excluding hydrogens is 458 g/mol. The Morgan fingerprint density at radius 3 is 2.33 bits per heavy atom. The van der Waals surface area contributed by atoms with Gasteiger partial charge in [-0.2, -0.15) is 0 Å². The van der Waals surface area contributed by atoms with Gasteiger partial charge in [0, 0.05) is 26.5 Å². The number of hydrogen-bond donors (Lipinski definition) is 0. The lowest BCUT2D eigenvalue weighted by Crippen LogP contribution is -2.14. The van der Waals surface area contributed by atoms with Gasteiger partial charge in [0.25, 0.3) is 0 Å². The van der Waals surface area contributed by atoms with Crippen molar-refractivity contribution in [1.29, 1.82) is 0 Å². The monoisotopic (exact) mass is 481 g/mol. The smallest absolute Gasteiger partial charge is 0.235 e. The Hall–Kier alpha value is -4.02. The van der Waals surface area contributed by atoms with Crippen LogP contribution in [0.1, 0.15) is 30.7 Å². The lowest BCUT2D eigenvalue weighted by molar-refractivity contribution is 0.667. The third-order valence-electron chi connectivity index (χ3n) is 7.94. The van der Waals surface area contributed by atoms with Crippen molar-refractivity contribution in [3.8, 4) is 16.4 Å². The zero-order valence-corrected chi connectivity index (χ0v) is 21.1. The molecule has 3 aromatic heterocycles. The molecule has 1 aliphatic rings. The van der Waals surface area contributed by atoms with Crippen molar-refractivity contribution >= 4 is 54.1 Å². The second kappa shape index (κ2) is 6.80. The van der Waals surface area contributed by atoms with Crippen LogP contribution >= 0.6 is 11.3 Å². The maximum Gasteiger partial charge on any atom is 0.235 e. The van der Waals surface area contributed by atoms with E-state index in [2.05, 4.69) is 104 Å². The fourth-order valence-corrected chi connectivity index (χ4v) is 7.84. The summed E-state index contributed by atoms with van der Waals surface area (Å²) in [5.41, 5.74) is 8.51. The first-order valence-electron chi connectivity index (χ1n) is 12.4. The summed E-state index contributed by atoms with van der Waals surface area (Å²) >= 11 is 1.92. The van der Waals surface area contributed by atoms with E-state index in [1.807, 2.05) is 17.4 Å². The van der Waals surface area contributed by atoms with Crippen molar-refractivity contribution in [3.05, 3.63) is 102 Å². The van der Waals surface area contributed by atoms with Crippen molar-refractivity contribution < 1.29 is 0 Å². The third kappa shape index (κ3) is 2.42. The van der Waals surface area contributed by atoms with Crippen molar-refractivity contribution in [2.45, 2.75) is 26.2 Å². The lowest BCUT2D eigenvalue weighted by atomic mass is 9.81. The average Bonchev–Trinajstić information content (AvgIpc) is 3.51. The number of nitrogens with zero attached hydrogens (tertiary/aromatic N) is 3. The minimum atomic E-state index is -0.0370. The van der Waals surface area contributed by atoms with Gasteiger partial charge >= 0.3 is 0 Å². The van der Waals surface area contributed by atoms with Crippen LogP contribution in [0.5, 0.6) is 0 Å². The van der Waals surface area contributed by atoms with Crippen molar-refractivity contribution in [3.63, 3.8) is 0 Å². The first-order chi connectivity index (χ1) is 17.5. The largest absolute Gasteiger partial charge is 0.276 e. The fraction of sp³-hybridized carbons (Fsp3) is 0.125. The maximum absolute atomic E-state index is 5.07. The van der Waals surface area contributed by atoms with Gasteiger partial charge in [0.1, 0.15) is 0 Å². The topological polar surface area (TPSA) is 30.7 Å². The highest BCUT2D eigenvalue weighted by Crippen LogP contribution is 2.56. The van der Waals surface area contributed by atoms with Crippen LogP contribution in [0.2, 0.25) is 0 Å². The fourth-order valence-electron chi connectivity index (χ4n) is 6.30. The lowest BCUT2D eigenvalue weighted by Gasteiger charge is -2.21. The number of aryl methyl sites for hydroxylation is 1. The van der Waals surface area contributed by atoms with E-state index in [-0.39, 0.29) is 5.41 Å². The predicted molar refractivity (Wildman–Crippen MR) is 152 cm³/mol. The minimum Gasteiger partial charge on any atom is -0.276 e. The van der Waals surface area contributed by atoms with Crippen molar-refractivity contribution in [2.24, 2.45) is 0 Å². The molecule has 3 nitrogen and oxygen atoms in total. The average molecular weight is 482 g/mol. The summed E-state index contributed by atoms with van der Waals surface area (Å²) in [5.74, 6) is 0.734. The standard InChI is InChI=1S/C32H23N3S/c1-18-19-10-5-8-14-25(19)34-31(33-18)35-26-15-9-6-11-20(26)21-16-17-23-27-29(36-30(23)28(21)35)22-12-4-7-13-24(22)32(27,2)3/h4-17H,1-3H3. The summed E-state index contributed by atoms with van der Waals surface area (Å²) < 4.78 is 3.60. The van der Waals surface area contributed by atoms with Gasteiger partial charge in [-0.1, -0.05) is 86.6 Å². The van der Waals surface area contributed by atoms with Crippen LogP contribution in [0, 0.1) is 6.92 Å². The van der Waals surface area contributed by atoms with Gasteiger partial charge < -0.3 is 0 Å². The number of hydrogen-bond acceptors (Lipinski definition) is 3. The molecule has 0 N–H and O–H groups in total. The molecule has 0 amide bonds. The Bertz CT molecular complexity index is 2040. The molecule has 0 saturated carbocycles. The molecule has 172 valence electrons. The number of aromatic nitrogens is 3. The van der Waals surface area contributed by atoms with Gasteiger partial charge in [-0.05, 0) is 41.1 Å². The van der Waals surface area contributed by atoms with Crippen LogP contribution in [-0.2, 0) is 5.41 Å². The molecule has 0 radical (unpaired) electrons. The number of para-hydroxylation sites is 2. The number of fused-ring (bicyclic) bond motifs is 10. The van der Waals surface area contributed by atoms with Gasteiger partial charge in [-0.3, -0.25) is 4.57 Å². The van der Waals surface area contributed by atoms with Gasteiger partial charge in [0.15, 0.2) is 0 Å². The van der Waals surface area contributed by atoms with Crippen LogP contribution in [0.25, 0.3) is 59.2 Å². The van der Waals surface area contributed by atoms with E-state index in [1.54, 1.807) is 0 Å². The summed E-state index contributed by atoms with van der Waals surface area (Å²) in [6.07, 6.45) is 0. The SMILES string of the molecule is Cc1nc(-n2c3ccccc3c3ccc4c5c(sc4c32)-c2ccccc2C5(C)C)nc2ccccc12. The van der Waals surface area contributed by atoms with E-state index in [9.17, 15) is 0 Å². The molecule has 0 unspecified atom stereocenters. The Labute approximate surface area is 212 Å². The number of thiophene rings is 1. The molecule has 7 aromatic rings. The van der Waals surface area contributed by atoms with E-state index in [1.165, 1.54) is 47.9 Å². The molecule has 0 atom stereocenters. The minimum absolute atomic E-state index is 0.0370. The normalized spacial score (nSPS) is 14.2. The Balaban J connectivity index is 1.56. The zero-order valence-electron chi connectivity index (χ0n) is 20.3. The first-order valence-corrected chi connectivity index (χ1v) is 13.2. The summed E-state index contributed by atoms with van der Waals surface area (Å²) in [6.45, 7) is 6.80. The first kappa shape index (κ1) is 20.2. The summed E-state index contributed by atoms with van der Waals surface area (Å²) in [5, 5.41) is 4.92. The molecule has 8 rings (SSSR count). The summed E-state index contributed by atoms with van der Waals surface area (Å²) in [4.78, 5) is 11.5. The van der Waals surface area contributed by atoms with E-state index in [4.69, 9.17) is 9.97 Å². The van der Waals surface area contributed by atoms with E-state index >= 15 is 0 Å². The second-order valence-electron chi connectivity index (χ2n) is 10.3. The highest BCUT2D eigenvalue weighted by molar-refractivity contribution is 7.23. The molecule has 0 fully saturated rings. The molecule has 0 spiro atoms. The van der Waals surface area contributed by atoms with Crippen LogP contribution < -0.4 is 0 Å². The second-order valence-corrected chi connectivity index (χ2v) is 11.3. The Kier molecular flexibility index (Phi) is 3.82. The van der Waals surface area contributed by atoms with Gasteiger partial charge in [-0.15, -0.1) is 11.3 Å². The van der Waals surface area contributed by atoms with Gasteiger partial charge in [0.2, 0.25) is 5.95 Å². The van der Waals surface area contributed by atoms with Crippen molar-refractivity contribution in [1.82, 2.24) is 14.5 Å². The molecule has 0 saturated heterocycles. The highest BCUT2D eigenvalue weighted by Gasteiger charge is 2.39. The van der Waals surface area contributed by atoms with Gasteiger partial charge in [-0.25, -0.2) is 9.97 Å². The zero-order chi connectivity index (χ0) is 24.2. The Morgan fingerprint density at radius 2 is 1.44 bits per heavy atom. The summed E-state index contributed by atoms with van der Waals surface area (Å²) in [6, 6.07) is 30.4. The van der Waals surface area contributed by atoms with Crippen LogP contribution in [0.4, 0.5) is 0 Å². The third-order valence-corrected chi connectivity index (χ3v) is 9.19. The molecule has 3 heterocycles. The van der Waals surface area contributed by atoms with E-state index in [0.29, 0.717) is 0 Å². The molecule has 0 aliphatic heterocycles. The van der Waals surface area contributed by atoms with Crippen LogP contribution in [0.15, 0.2) is 84.9 Å². The highest BCUT2D eigenvalue weighted by atomic mass is 32.1. The maximum atomic E-state index is 5.07. The predicted octanol–water partition coefficient (Wildman–Crippen LogP) is 8.56. The molecule has 4 heteroatoms. The summed E-state index contributed by atoms with van der Waals surface area (Å²) in [7, 11) is 0. The molecule has 4 aromatic carbocycles. The molecule has 1 aliphatic carbocycles. The number of rotatable bonds is 1.